The van der Waals surface area contributed by atoms with Crippen LogP contribution in [0.4, 0.5) is 0 Å². The van der Waals surface area contributed by atoms with Crippen molar-refractivity contribution < 1.29 is 9.84 Å². The molecule has 1 aromatic rings. The third kappa shape index (κ3) is 3.25. The average molecular weight is 201 g/mol. The Labute approximate surface area is 83.1 Å². The molecule has 0 aromatic heterocycles. The molecule has 0 aliphatic rings. The highest BCUT2D eigenvalue weighted by atomic mass is 35.5. The first kappa shape index (κ1) is 10.4. The van der Waals surface area contributed by atoms with Crippen molar-refractivity contribution in [3.05, 3.63) is 29.3 Å². The summed E-state index contributed by atoms with van der Waals surface area (Å²) in [6.07, 6.45) is -0.763. The molecule has 0 spiro atoms. The minimum absolute atomic E-state index is 0.0793. The molecule has 0 bridgehead atoms. The van der Waals surface area contributed by atoms with Gasteiger partial charge in [-0.05, 0) is 24.3 Å². The molecular formula is C10H13ClO2. The number of benzene rings is 1. The molecule has 0 aliphatic carbocycles. The summed E-state index contributed by atoms with van der Waals surface area (Å²) in [6.45, 7) is 3.78. The Hall–Kier alpha value is -0.730. The first-order chi connectivity index (χ1) is 6.09. The van der Waals surface area contributed by atoms with Crippen LogP contribution in [0.25, 0.3) is 0 Å². The van der Waals surface area contributed by atoms with Crippen LogP contribution in [-0.4, -0.2) is 11.4 Å². The summed E-state index contributed by atoms with van der Waals surface area (Å²) in [5.41, 5.74) is 0. The molecule has 1 aromatic carbocycles. The molecule has 0 amide bonds. The monoisotopic (exact) mass is 200 g/mol. The summed E-state index contributed by atoms with van der Waals surface area (Å²) in [5, 5.41) is 10.1. The fourth-order valence-corrected chi connectivity index (χ4v) is 0.915. The SMILES string of the molecule is CC(C)C(O)Oc1ccc(Cl)cc1. The van der Waals surface area contributed by atoms with Gasteiger partial charge in [-0.15, -0.1) is 0 Å². The lowest BCUT2D eigenvalue weighted by molar-refractivity contribution is -0.0515. The van der Waals surface area contributed by atoms with E-state index in [1.54, 1.807) is 24.3 Å². The van der Waals surface area contributed by atoms with Gasteiger partial charge in [0, 0.05) is 10.9 Å². The average Bonchev–Trinajstić information content (AvgIpc) is 2.08. The summed E-state index contributed by atoms with van der Waals surface area (Å²) < 4.78 is 5.23. The van der Waals surface area contributed by atoms with Gasteiger partial charge in [-0.25, -0.2) is 0 Å². The van der Waals surface area contributed by atoms with Crippen LogP contribution < -0.4 is 4.74 Å². The lowest BCUT2D eigenvalue weighted by Crippen LogP contribution is -2.21. The zero-order valence-electron chi connectivity index (χ0n) is 7.70. The standard InChI is InChI=1S/C10H13ClO2/c1-7(2)10(12)13-9-5-3-8(11)4-6-9/h3-7,10,12H,1-2H3. The first-order valence-electron chi connectivity index (χ1n) is 4.20. The van der Waals surface area contributed by atoms with Gasteiger partial charge in [0.15, 0.2) is 6.29 Å². The van der Waals surface area contributed by atoms with E-state index in [-0.39, 0.29) is 5.92 Å². The second-order valence-electron chi connectivity index (χ2n) is 3.21. The first-order valence-corrected chi connectivity index (χ1v) is 4.57. The van der Waals surface area contributed by atoms with Crippen molar-refractivity contribution in [3.63, 3.8) is 0 Å². The molecule has 13 heavy (non-hydrogen) atoms. The maximum atomic E-state index is 9.39. The van der Waals surface area contributed by atoms with Crippen molar-refractivity contribution in [3.8, 4) is 5.75 Å². The Morgan fingerprint density at radius 2 is 1.77 bits per heavy atom. The van der Waals surface area contributed by atoms with Crippen molar-refractivity contribution in [2.24, 2.45) is 5.92 Å². The van der Waals surface area contributed by atoms with Gasteiger partial charge in [-0.3, -0.25) is 0 Å². The topological polar surface area (TPSA) is 29.5 Å². The predicted molar refractivity (Wildman–Crippen MR) is 52.9 cm³/mol. The van der Waals surface area contributed by atoms with E-state index in [0.717, 1.165) is 0 Å². The third-order valence-electron chi connectivity index (χ3n) is 1.64. The number of hydrogen-bond acceptors (Lipinski definition) is 2. The number of aliphatic hydroxyl groups is 1. The molecule has 1 rings (SSSR count). The Balaban J connectivity index is 2.59. The van der Waals surface area contributed by atoms with Crippen LogP contribution in [0, 0.1) is 5.92 Å². The van der Waals surface area contributed by atoms with E-state index in [1.807, 2.05) is 13.8 Å². The Morgan fingerprint density at radius 1 is 1.23 bits per heavy atom. The van der Waals surface area contributed by atoms with E-state index in [9.17, 15) is 5.11 Å². The van der Waals surface area contributed by atoms with E-state index >= 15 is 0 Å². The molecule has 0 fully saturated rings. The quantitative estimate of drug-likeness (QED) is 0.761. The molecule has 2 nitrogen and oxygen atoms in total. The van der Waals surface area contributed by atoms with Crippen LogP contribution in [0.2, 0.25) is 5.02 Å². The number of rotatable bonds is 3. The lowest BCUT2D eigenvalue weighted by atomic mass is 10.2. The summed E-state index contributed by atoms with van der Waals surface area (Å²) in [7, 11) is 0. The fourth-order valence-electron chi connectivity index (χ4n) is 0.789. The highest BCUT2D eigenvalue weighted by Crippen LogP contribution is 2.17. The maximum absolute atomic E-state index is 9.39. The Morgan fingerprint density at radius 3 is 2.23 bits per heavy atom. The van der Waals surface area contributed by atoms with Crippen molar-refractivity contribution in [2.75, 3.05) is 0 Å². The van der Waals surface area contributed by atoms with Crippen LogP contribution in [0.1, 0.15) is 13.8 Å². The molecular weight excluding hydrogens is 188 g/mol. The van der Waals surface area contributed by atoms with E-state index in [4.69, 9.17) is 16.3 Å². The number of hydrogen-bond donors (Lipinski definition) is 1. The number of halogens is 1. The van der Waals surface area contributed by atoms with Crippen molar-refractivity contribution in [2.45, 2.75) is 20.1 Å². The van der Waals surface area contributed by atoms with E-state index in [1.165, 1.54) is 0 Å². The summed E-state index contributed by atoms with van der Waals surface area (Å²) >= 11 is 5.69. The zero-order chi connectivity index (χ0) is 9.84. The van der Waals surface area contributed by atoms with Crippen molar-refractivity contribution >= 4 is 11.6 Å². The van der Waals surface area contributed by atoms with Gasteiger partial charge in [0.05, 0.1) is 0 Å². The van der Waals surface area contributed by atoms with Crippen molar-refractivity contribution in [1.82, 2.24) is 0 Å². The molecule has 72 valence electrons. The molecule has 3 heteroatoms. The predicted octanol–water partition coefficient (Wildman–Crippen LogP) is 2.69. The molecule has 0 radical (unpaired) electrons. The van der Waals surface area contributed by atoms with Crippen LogP contribution in [0.3, 0.4) is 0 Å². The lowest BCUT2D eigenvalue weighted by Gasteiger charge is -2.16. The number of ether oxygens (including phenoxy) is 1. The summed E-state index contributed by atoms with van der Waals surface area (Å²) in [6, 6.07) is 6.91. The smallest absolute Gasteiger partial charge is 0.199 e. The molecule has 1 N–H and O–H groups in total. The second kappa shape index (κ2) is 4.49. The fraction of sp³-hybridized carbons (Fsp3) is 0.400. The zero-order valence-corrected chi connectivity index (χ0v) is 8.45. The summed E-state index contributed by atoms with van der Waals surface area (Å²) in [5.74, 6) is 0.710. The van der Waals surface area contributed by atoms with Gasteiger partial charge in [0.2, 0.25) is 0 Å². The minimum atomic E-state index is -0.763. The molecule has 1 atom stereocenters. The summed E-state index contributed by atoms with van der Waals surface area (Å²) in [4.78, 5) is 0. The van der Waals surface area contributed by atoms with Crippen LogP contribution in [0.5, 0.6) is 5.75 Å². The van der Waals surface area contributed by atoms with Crippen LogP contribution in [0.15, 0.2) is 24.3 Å². The molecule has 0 aliphatic heterocycles. The van der Waals surface area contributed by atoms with E-state index < -0.39 is 6.29 Å². The van der Waals surface area contributed by atoms with Gasteiger partial charge in [-0.1, -0.05) is 25.4 Å². The highest BCUT2D eigenvalue weighted by Gasteiger charge is 2.09. The molecule has 0 heterocycles. The normalized spacial score (nSPS) is 13.0. The molecule has 1 unspecified atom stereocenters. The number of aliphatic hydroxyl groups excluding tert-OH is 1. The van der Waals surface area contributed by atoms with Gasteiger partial charge in [0.25, 0.3) is 0 Å². The Bertz CT molecular complexity index is 256. The minimum Gasteiger partial charge on any atom is -0.465 e. The van der Waals surface area contributed by atoms with Gasteiger partial charge < -0.3 is 9.84 Å². The van der Waals surface area contributed by atoms with Gasteiger partial charge in [-0.2, -0.15) is 0 Å². The van der Waals surface area contributed by atoms with Gasteiger partial charge >= 0.3 is 0 Å². The van der Waals surface area contributed by atoms with E-state index in [2.05, 4.69) is 0 Å². The Kier molecular flexibility index (Phi) is 3.58. The maximum Gasteiger partial charge on any atom is 0.199 e. The second-order valence-corrected chi connectivity index (χ2v) is 3.64. The largest absolute Gasteiger partial charge is 0.465 e. The van der Waals surface area contributed by atoms with Crippen LogP contribution in [-0.2, 0) is 0 Å². The third-order valence-corrected chi connectivity index (χ3v) is 1.89. The van der Waals surface area contributed by atoms with Gasteiger partial charge in [0.1, 0.15) is 5.75 Å². The van der Waals surface area contributed by atoms with E-state index in [0.29, 0.717) is 10.8 Å². The molecule has 0 saturated carbocycles. The molecule has 0 saturated heterocycles. The highest BCUT2D eigenvalue weighted by molar-refractivity contribution is 6.30. The van der Waals surface area contributed by atoms with Crippen LogP contribution >= 0.6 is 11.6 Å². The van der Waals surface area contributed by atoms with Crippen molar-refractivity contribution in [1.29, 1.82) is 0 Å².